The van der Waals surface area contributed by atoms with Crippen LogP contribution in [0.2, 0.25) is 10.0 Å². The van der Waals surface area contributed by atoms with Crippen LogP contribution in [0.3, 0.4) is 0 Å². The number of ether oxygens (including phenoxy) is 1. The molecular weight excluding hydrogens is 465 g/mol. The van der Waals surface area contributed by atoms with Gasteiger partial charge in [0.2, 0.25) is 5.91 Å². The highest BCUT2D eigenvalue weighted by atomic mass is 35.5. The van der Waals surface area contributed by atoms with Gasteiger partial charge < -0.3 is 10.5 Å². The average molecular weight is 478 g/mol. The fourth-order valence-electron chi connectivity index (χ4n) is 2.53. The van der Waals surface area contributed by atoms with E-state index in [1.165, 1.54) is 49.6 Å². The normalized spacial score (nSPS) is 16.1. The molecule has 0 aliphatic carbocycles. The van der Waals surface area contributed by atoms with E-state index in [-0.39, 0.29) is 26.2 Å². The van der Waals surface area contributed by atoms with Crippen LogP contribution in [0, 0.1) is 0 Å². The second-order valence-electron chi connectivity index (χ2n) is 6.01. The predicted molar refractivity (Wildman–Crippen MR) is 118 cm³/mol. The van der Waals surface area contributed by atoms with E-state index in [0.29, 0.717) is 10.7 Å². The third-order valence-corrected chi connectivity index (χ3v) is 5.54. The minimum absolute atomic E-state index is 0.000388. The third-order valence-electron chi connectivity index (χ3n) is 4.03. The highest BCUT2D eigenvalue weighted by Crippen LogP contribution is 2.35. The topological polar surface area (TPSA) is 119 Å². The van der Waals surface area contributed by atoms with E-state index in [4.69, 9.17) is 28.9 Å². The van der Waals surface area contributed by atoms with Crippen molar-refractivity contribution >= 4 is 69.5 Å². The van der Waals surface area contributed by atoms with Crippen molar-refractivity contribution in [2.45, 2.75) is 0 Å². The van der Waals surface area contributed by atoms with Crippen molar-refractivity contribution in [1.29, 1.82) is 0 Å². The Morgan fingerprint density at radius 1 is 1.13 bits per heavy atom. The molecule has 11 heteroatoms. The maximum absolute atomic E-state index is 12.9. The number of benzene rings is 2. The van der Waals surface area contributed by atoms with Gasteiger partial charge in [0.05, 0.1) is 28.3 Å². The highest BCUT2D eigenvalue weighted by Gasteiger charge is 2.36. The van der Waals surface area contributed by atoms with E-state index in [1.807, 2.05) is 0 Å². The van der Waals surface area contributed by atoms with Gasteiger partial charge in [-0.05, 0) is 54.2 Å². The molecule has 3 amide bonds. The summed E-state index contributed by atoms with van der Waals surface area (Å²) in [5.74, 6) is -2.69. The predicted octanol–water partition coefficient (Wildman–Crippen LogP) is 3.43. The van der Waals surface area contributed by atoms with Gasteiger partial charge in [-0.2, -0.15) is 4.99 Å². The van der Waals surface area contributed by atoms with E-state index >= 15 is 0 Å². The first-order valence-corrected chi connectivity index (χ1v) is 10.1. The highest BCUT2D eigenvalue weighted by molar-refractivity contribution is 8.19. The van der Waals surface area contributed by atoms with Crippen LogP contribution in [-0.2, 0) is 14.3 Å². The first kappa shape index (κ1) is 22.5. The van der Waals surface area contributed by atoms with E-state index in [2.05, 4.69) is 9.73 Å². The van der Waals surface area contributed by atoms with Crippen LogP contribution in [0.1, 0.15) is 20.7 Å². The van der Waals surface area contributed by atoms with Gasteiger partial charge in [-0.1, -0.05) is 23.2 Å². The molecule has 0 radical (unpaired) electrons. The summed E-state index contributed by atoms with van der Waals surface area (Å²) in [6.45, 7) is 0. The number of carbonyl (C=O) groups excluding carboxylic acids is 4. The largest absolute Gasteiger partial charge is 0.466 e. The van der Waals surface area contributed by atoms with Crippen LogP contribution in [0.5, 0.6) is 0 Å². The molecular formula is C20H13Cl2N3O5S. The number of amidine groups is 1. The Morgan fingerprint density at radius 2 is 1.81 bits per heavy atom. The summed E-state index contributed by atoms with van der Waals surface area (Å²) < 4.78 is 4.57. The number of aliphatic imine (C=N–C) groups is 1. The number of nitrogens with zero attached hydrogens (tertiary/aromatic N) is 2. The Kier molecular flexibility index (Phi) is 6.79. The number of esters is 1. The smallest absolute Gasteiger partial charge is 0.331 e. The van der Waals surface area contributed by atoms with Crippen molar-refractivity contribution < 1.29 is 23.9 Å². The molecule has 0 spiro atoms. The molecule has 2 N–H and O–H groups in total. The van der Waals surface area contributed by atoms with Crippen molar-refractivity contribution in [3.63, 3.8) is 0 Å². The molecule has 2 aromatic carbocycles. The van der Waals surface area contributed by atoms with Crippen molar-refractivity contribution in [3.8, 4) is 0 Å². The molecule has 0 saturated carbocycles. The lowest BCUT2D eigenvalue weighted by atomic mass is 10.2. The van der Waals surface area contributed by atoms with Crippen LogP contribution in [-0.4, -0.2) is 36.0 Å². The van der Waals surface area contributed by atoms with Gasteiger partial charge in [-0.15, -0.1) is 0 Å². The number of methoxy groups -OCH3 is 1. The summed E-state index contributed by atoms with van der Waals surface area (Å²) in [6, 6.07) is 10.1. The summed E-state index contributed by atoms with van der Waals surface area (Å²) in [4.78, 5) is 53.7. The number of rotatable bonds is 4. The Balaban J connectivity index is 2.05. The summed E-state index contributed by atoms with van der Waals surface area (Å²) >= 11 is 12.7. The fourth-order valence-corrected chi connectivity index (χ4v) is 3.96. The molecule has 0 atom stereocenters. The lowest BCUT2D eigenvalue weighted by molar-refractivity contribution is -0.135. The molecule has 1 aliphatic rings. The van der Waals surface area contributed by atoms with Crippen LogP contribution >= 0.6 is 35.0 Å². The summed E-state index contributed by atoms with van der Waals surface area (Å²) in [5.41, 5.74) is 5.87. The molecule has 158 valence electrons. The van der Waals surface area contributed by atoms with Crippen molar-refractivity contribution in [2.24, 2.45) is 10.7 Å². The number of halogens is 2. The van der Waals surface area contributed by atoms with Crippen LogP contribution < -0.4 is 10.6 Å². The van der Waals surface area contributed by atoms with Crippen LogP contribution in [0.15, 0.2) is 58.4 Å². The first-order valence-electron chi connectivity index (χ1n) is 8.51. The number of thioether (sulfide) groups is 1. The second kappa shape index (κ2) is 9.34. The third kappa shape index (κ3) is 4.96. The Labute approximate surface area is 190 Å². The molecule has 2 aromatic rings. The number of amides is 3. The first-order chi connectivity index (χ1) is 14.7. The second-order valence-corrected chi connectivity index (χ2v) is 7.86. The maximum Gasteiger partial charge on any atom is 0.331 e. The molecule has 8 nitrogen and oxygen atoms in total. The molecule has 0 bridgehead atoms. The van der Waals surface area contributed by atoms with Gasteiger partial charge in [0, 0.05) is 16.7 Å². The number of anilines is 1. The minimum Gasteiger partial charge on any atom is -0.466 e. The van der Waals surface area contributed by atoms with Crippen LogP contribution in [0.25, 0.3) is 0 Å². The fraction of sp³-hybridized carbons (Fsp3) is 0.0500. The molecule has 1 heterocycles. The van der Waals surface area contributed by atoms with E-state index in [0.717, 1.165) is 22.7 Å². The molecule has 0 aromatic heterocycles. The van der Waals surface area contributed by atoms with Crippen molar-refractivity contribution in [2.75, 3.05) is 12.0 Å². The van der Waals surface area contributed by atoms with Gasteiger partial charge in [0.15, 0.2) is 5.17 Å². The van der Waals surface area contributed by atoms with Crippen molar-refractivity contribution in [3.05, 3.63) is 74.6 Å². The van der Waals surface area contributed by atoms with Crippen LogP contribution in [0.4, 0.5) is 5.69 Å². The summed E-state index contributed by atoms with van der Waals surface area (Å²) in [6.07, 6.45) is 1.00. The van der Waals surface area contributed by atoms with E-state index in [1.54, 1.807) is 0 Å². The molecule has 1 fully saturated rings. The zero-order valence-electron chi connectivity index (χ0n) is 15.8. The maximum atomic E-state index is 12.9. The SMILES string of the molecule is COC(=O)C=C1SC(=NC(=O)c2ccc(Cl)cc2Cl)N(c2ccc(C(N)=O)cc2)C1=O. The van der Waals surface area contributed by atoms with E-state index in [9.17, 15) is 19.2 Å². The number of carbonyl (C=O) groups is 4. The zero-order valence-corrected chi connectivity index (χ0v) is 18.1. The summed E-state index contributed by atoms with van der Waals surface area (Å²) in [5, 5.41) is 0.431. The molecule has 1 saturated heterocycles. The Hall–Kier alpha value is -3.14. The Morgan fingerprint density at radius 3 is 2.39 bits per heavy atom. The van der Waals surface area contributed by atoms with Gasteiger partial charge in [0.1, 0.15) is 0 Å². The van der Waals surface area contributed by atoms with E-state index < -0.39 is 23.7 Å². The number of hydrogen-bond acceptors (Lipinski definition) is 6. The quantitative estimate of drug-likeness (QED) is 0.531. The van der Waals surface area contributed by atoms with Gasteiger partial charge in [-0.25, -0.2) is 4.79 Å². The summed E-state index contributed by atoms with van der Waals surface area (Å²) in [7, 11) is 1.17. The van der Waals surface area contributed by atoms with Crippen molar-refractivity contribution in [1.82, 2.24) is 0 Å². The van der Waals surface area contributed by atoms with Gasteiger partial charge >= 0.3 is 5.97 Å². The number of primary amides is 1. The lowest BCUT2D eigenvalue weighted by Crippen LogP contribution is -2.29. The lowest BCUT2D eigenvalue weighted by Gasteiger charge is -2.15. The minimum atomic E-state index is -0.742. The molecule has 31 heavy (non-hydrogen) atoms. The monoisotopic (exact) mass is 477 g/mol. The van der Waals surface area contributed by atoms with Gasteiger partial charge in [-0.3, -0.25) is 19.3 Å². The Bertz CT molecular complexity index is 1160. The van der Waals surface area contributed by atoms with Gasteiger partial charge in [0.25, 0.3) is 11.8 Å². The number of hydrogen-bond donors (Lipinski definition) is 1. The number of nitrogens with two attached hydrogens (primary N) is 1. The molecule has 0 unspecified atom stereocenters. The molecule has 1 aliphatic heterocycles. The average Bonchev–Trinajstić information content (AvgIpc) is 3.02. The molecule has 3 rings (SSSR count). The zero-order chi connectivity index (χ0) is 22.7. The standard InChI is InChI=1S/C20H13Cl2N3O5S/c1-30-16(26)9-15-19(29)25(12-5-2-10(3-6-12)17(23)27)20(31-15)24-18(28)13-7-4-11(21)8-14(13)22/h2-9H,1H3,(H2,23,27).